The Bertz CT molecular complexity index is 1050. The Kier molecular flexibility index (Phi) is 7.51. The Balaban J connectivity index is 1.41. The number of piperidine rings is 1. The number of rotatable bonds is 6. The molecular formula is C24H29BrN4O3S. The monoisotopic (exact) mass is 532 g/mol. The third-order valence-electron chi connectivity index (χ3n) is 6.39. The van der Waals surface area contributed by atoms with E-state index in [9.17, 15) is 14.4 Å². The third kappa shape index (κ3) is 5.47. The summed E-state index contributed by atoms with van der Waals surface area (Å²) < 4.78 is 0.890. The Morgan fingerprint density at radius 2 is 2.06 bits per heavy atom. The highest BCUT2D eigenvalue weighted by Gasteiger charge is 2.32. The van der Waals surface area contributed by atoms with Crippen molar-refractivity contribution in [2.24, 2.45) is 11.7 Å². The molecule has 3 heterocycles. The third-order valence-corrected chi connectivity index (χ3v) is 8.01. The van der Waals surface area contributed by atoms with Crippen LogP contribution in [0.15, 0.2) is 34.1 Å². The van der Waals surface area contributed by atoms with Gasteiger partial charge in [-0.2, -0.15) is 0 Å². The van der Waals surface area contributed by atoms with Gasteiger partial charge in [0.1, 0.15) is 0 Å². The van der Waals surface area contributed by atoms with E-state index in [0.717, 1.165) is 47.4 Å². The maximum absolute atomic E-state index is 13.1. The first-order valence-electron chi connectivity index (χ1n) is 11.3. The summed E-state index contributed by atoms with van der Waals surface area (Å²) in [6.45, 7) is 4.50. The first-order chi connectivity index (χ1) is 15.9. The molecule has 1 aromatic heterocycles. The van der Waals surface area contributed by atoms with E-state index in [1.54, 1.807) is 11.0 Å². The molecule has 2 aliphatic rings. The number of likely N-dealkylation sites (tertiary alicyclic amines) is 1. The second kappa shape index (κ2) is 10.4. The zero-order valence-electron chi connectivity index (χ0n) is 18.7. The number of hydrogen-bond acceptors (Lipinski definition) is 5. The predicted octanol–water partition coefficient (Wildman–Crippen LogP) is 3.56. The second-order valence-corrected chi connectivity index (χ2v) is 11.3. The van der Waals surface area contributed by atoms with Crippen LogP contribution in [0.3, 0.4) is 0 Å². The van der Waals surface area contributed by atoms with E-state index in [1.807, 2.05) is 36.1 Å². The molecule has 0 saturated carbocycles. The van der Waals surface area contributed by atoms with Crippen LogP contribution in [0.1, 0.15) is 51.3 Å². The van der Waals surface area contributed by atoms with Gasteiger partial charge in [0.2, 0.25) is 5.91 Å². The van der Waals surface area contributed by atoms with Crippen LogP contribution in [0, 0.1) is 12.8 Å². The highest BCUT2D eigenvalue weighted by atomic mass is 79.9. The van der Waals surface area contributed by atoms with E-state index in [4.69, 9.17) is 5.73 Å². The lowest BCUT2D eigenvalue weighted by atomic mass is 9.94. The van der Waals surface area contributed by atoms with Gasteiger partial charge in [-0.05, 0) is 90.5 Å². The number of amides is 3. The van der Waals surface area contributed by atoms with Crippen molar-refractivity contribution in [3.8, 4) is 0 Å². The van der Waals surface area contributed by atoms with E-state index < -0.39 is 0 Å². The topological polar surface area (TPSA) is 95.7 Å². The number of aryl methyl sites for hydroxylation is 1. The van der Waals surface area contributed by atoms with Gasteiger partial charge >= 0.3 is 0 Å². The minimum atomic E-state index is -0.250. The number of nitrogens with two attached hydrogens (primary N) is 1. The largest absolute Gasteiger partial charge is 0.346 e. The van der Waals surface area contributed by atoms with Gasteiger partial charge in [-0.3, -0.25) is 14.4 Å². The minimum Gasteiger partial charge on any atom is -0.346 e. The lowest BCUT2D eigenvalue weighted by Crippen LogP contribution is -2.40. The van der Waals surface area contributed by atoms with Crippen LogP contribution in [0.25, 0.3) is 0 Å². The summed E-state index contributed by atoms with van der Waals surface area (Å²) in [4.78, 5) is 42.5. The molecule has 1 aromatic carbocycles. The van der Waals surface area contributed by atoms with Crippen molar-refractivity contribution < 1.29 is 14.4 Å². The van der Waals surface area contributed by atoms with E-state index in [0.29, 0.717) is 29.4 Å². The average Bonchev–Trinajstić information content (AvgIpc) is 3.39. The van der Waals surface area contributed by atoms with Crippen LogP contribution < -0.4 is 16.0 Å². The Morgan fingerprint density at radius 1 is 1.24 bits per heavy atom. The van der Waals surface area contributed by atoms with Gasteiger partial charge in [0.25, 0.3) is 11.8 Å². The van der Waals surface area contributed by atoms with Crippen molar-refractivity contribution in [1.29, 1.82) is 0 Å². The fourth-order valence-electron chi connectivity index (χ4n) is 4.69. The van der Waals surface area contributed by atoms with Crippen LogP contribution in [0.5, 0.6) is 0 Å². The van der Waals surface area contributed by atoms with E-state index in [1.165, 1.54) is 11.3 Å². The molecule has 9 heteroatoms. The van der Waals surface area contributed by atoms with Crippen molar-refractivity contribution in [2.45, 2.75) is 38.6 Å². The van der Waals surface area contributed by atoms with Crippen LogP contribution in [0.2, 0.25) is 0 Å². The molecule has 4 rings (SSSR count). The van der Waals surface area contributed by atoms with Crippen LogP contribution in [0.4, 0.5) is 5.69 Å². The SMILES string of the molecule is Cc1cc(N2CC(NC(=O)c3ccc(Br)s3)CC2=O)ccc1C(=O)N1CCCC(CCN)C1. The second-order valence-electron chi connectivity index (χ2n) is 8.82. The predicted molar refractivity (Wildman–Crippen MR) is 134 cm³/mol. The number of hydrogen-bond donors (Lipinski definition) is 2. The summed E-state index contributed by atoms with van der Waals surface area (Å²) in [5.41, 5.74) is 7.99. The van der Waals surface area contributed by atoms with Gasteiger partial charge in [0.15, 0.2) is 0 Å². The number of nitrogens with one attached hydrogen (secondary N) is 1. The Hall–Kier alpha value is -2.23. The van der Waals surface area contributed by atoms with Gasteiger partial charge in [-0.15, -0.1) is 11.3 Å². The average molecular weight is 533 g/mol. The van der Waals surface area contributed by atoms with Crippen LogP contribution in [-0.4, -0.2) is 54.8 Å². The molecule has 0 bridgehead atoms. The molecule has 2 aromatic rings. The van der Waals surface area contributed by atoms with E-state index in [2.05, 4.69) is 21.2 Å². The molecule has 2 atom stereocenters. The standard InChI is InChI=1S/C24H29BrN4O3S/c1-15-11-18(4-5-19(15)24(32)28-10-2-3-16(13-28)8-9-26)29-14-17(12-22(29)30)27-23(31)20-6-7-21(25)33-20/h4-7,11,16-17H,2-3,8-10,12-14,26H2,1H3,(H,27,31). The Morgan fingerprint density at radius 3 is 2.76 bits per heavy atom. The molecule has 3 amide bonds. The van der Waals surface area contributed by atoms with E-state index in [-0.39, 0.29) is 30.2 Å². The number of carbonyl (C=O) groups is 3. The molecule has 176 valence electrons. The molecule has 0 radical (unpaired) electrons. The molecule has 2 aliphatic heterocycles. The Labute approximate surface area is 206 Å². The number of nitrogens with zero attached hydrogens (tertiary/aromatic N) is 2. The maximum Gasteiger partial charge on any atom is 0.261 e. The number of halogens is 1. The number of anilines is 1. The molecule has 0 spiro atoms. The summed E-state index contributed by atoms with van der Waals surface area (Å²) in [5.74, 6) is 0.307. The molecule has 3 N–H and O–H groups in total. The number of benzene rings is 1. The smallest absolute Gasteiger partial charge is 0.261 e. The normalized spacial score (nSPS) is 20.9. The summed E-state index contributed by atoms with van der Waals surface area (Å²) in [7, 11) is 0. The number of carbonyl (C=O) groups excluding carboxylic acids is 3. The number of thiophene rings is 1. The zero-order chi connectivity index (χ0) is 23.5. The van der Waals surface area contributed by atoms with Gasteiger partial charge in [-0.25, -0.2) is 0 Å². The highest BCUT2D eigenvalue weighted by Crippen LogP contribution is 2.27. The fourth-order valence-corrected chi connectivity index (χ4v) is 5.98. The summed E-state index contributed by atoms with van der Waals surface area (Å²) in [6, 6.07) is 8.90. The van der Waals surface area contributed by atoms with Gasteiger partial charge in [0.05, 0.1) is 14.7 Å². The summed E-state index contributed by atoms with van der Waals surface area (Å²) in [6.07, 6.45) is 3.33. The first kappa shape index (κ1) is 23.9. The quantitative estimate of drug-likeness (QED) is 0.594. The molecule has 2 fully saturated rings. The molecule has 2 saturated heterocycles. The molecule has 2 unspecified atom stereocenters. The molecule has 7 nitrogen and oxygen atoms in total. The van der Waals surface area contributed by atoms with Crippen LogP contribution >= 0.6 is 27.3 Å². The molecular weight excluding hydrogens is 504 g/mol. The van der Waals surface area contributed by atoms with Crippen molar-refractivity contribution >= 4 is 50.7 Å². The highest BCUT2D eigenvalue weighted by molar-refractivity contribution is 9.11. The summed E-state index contributed by atoms with van der Waals surface area (Å²) in [5, 5.41) is 2.96. The van der Waals surface area contributed by atoms with Gasteiger partial charge < -0.3 is 20.9 Å². The fraction of sp³-hybridized carbons (Fsp3) is 0.458. The lowest BCUT2D eigenvalue weighted by Gasteiger charge is -2.33. The van der Waals surface area contributed by atoms with Crippen LogP contribution in [-0.2, 0) is 4.79 Å². The van der Waals surface area contributed by atoms with Crippen molar-refractivity contribution in [1.82, 2.24) is 10.2 Å². The maximum atomic E-state index is 13.1. The van der Waals surface area contributed by atoms with Gasteiger partial charge in [0, 0.05) is 37.3 Å². The zero-order valence-corrected chi connectivity index (χ0v) is 21.1. The van der Waals surface area contributed by atoms with Crippen molar-refractivity contribution in [2.75, 3.05) is 31.1 Å². The summed E-state index contributed by atoms with van der Waals surface area (Å²) >= 11 is 4.73. The van der Waals surface area contributed by atoms with Crippen molar-refractivity contribution in [3.05, 3.63) is 50.1 Å². The van der Waals surface area contributed by atoms with Crippen molar-refractivity contribution in [3.63, 3.8) is 0 Å². The lowest BCUT2D eigenvalue weighted by molar-refractivity contribution is -0.117. The first-order valence-corrected chi connectivity index (χ1v) is 12.9. The molecule has 0 aliphatic carbocycles. The van der Waals surface area contributed by atoms with E-state index >= 15 is 0 Å². The van der Waals surface area contributed by atoms with Gasteiger partial charge in [-0.1, -0.05) is 0 Å². The molecule has 33 heavy (non-hydrogen) atoms. The minimum absolute atomic E-state index is 0.0354.